The van der Waals surface area contributed by atoms with Gasteiger partial charge in [-0.1, -0.05) is 13.0 Å². The Hall–Kier alpha value is -3.67. The number of nitrogens with zero attached hydrogens (tertiary/aromatic N) is 1. The van der Waals surface area contributed by atoms with Gasteiger partial charge in [-0.05, 0) is 49.6 Å². The fraction of sp³-hybridized carbons (Fsp3) is 0.320. The van der Waals surface area contributed by atoms with Crippen LogP contribution in [0.3, 0.4) is 0 Å². The lowest BCUT2D eigenvalue weighted by atomic mass is 9.78. The smallest absolute Gasteiger partial charge is 0.392 e. The van der Waals surface area contributed by atoms with Gasteiger partial charge in [0.1, 0.15) is 5.56 Å². The third-order valence-corrected chi connectivity index (χ3v) is 6.31. The molecule has 1 fully saturated rings. The van der Waals surface area contributed by atoms with Gasteiger partial charge in [0.25, 0.3) is 5.91 Å². The number of nitrogens with one attached hydrogen (secondary N) is 2. The molecule has 2 atom stereocenters. The zero-order chi connectivity index (χ0) is 27.1. The number of amides is 1. The Morgan fingerprint density at radius 3 is 2.43 bits per heavy atom. The molecule has 1 unspecified atom stereocenters. The molecule has 4 rings (SSSR count). The van der Waals surface area contributed by atoms with E-state index >= 15 is 0 Å². The largest absolute Gasteiger partial charge is 0.418 e. The first-order valence-electron chi connectivity index (χ1n) is 11.3. The monoisotopic (exact) mass is 525 g/mol. The van der Waals surface area contributed by atoms with Gasteiger partial charge in [0.2, 0.25) is 5.43 Å². The standard InChI is InChI=1S/C25H21F6N3O3/c1-2-20(35)13-7-9-17(13)33-12-6-8-18(16(10-12)25(29,30)31)34-23(37)14-11-32-19-5-3-4-15(24(26,27)28)21(19)22(14)36/h3-6,8,10-11,13,20,35H,2,7,9H2,1H3,(H,32,36)(H,34,37)/b33-17+/t13?,20-/m1/s1. The van der Waals surface area contributed by atoms with Crippen LogP contribution >= 0.6 is 0 Å². The highest BCUT2D eigenvalue weighted by molar-refractivity contribution is 6.06. The van der Waals surface area contributed by atoms with Gasteiger partial charge in [-0.25, -0.2) is 0 Å². The van der Waals surface area contributed by atoms with Gasteiger partial charge in [-0.15, -0.1) is 0 Å². The van der Waals surface area contributed by atoms with Crippen molar-refractivity contribution in [1.29, 1.82) is 0 Å². The van der Waals surface area contributed by atoms with Crippen LogP contribution in [-0.4, -0.2) is 27.8 Å². The highest BCUT2D eigenvalue weighted by Gasteiger charge is 2.37. The Balaban J connectivity index is 1.70. The molecule has 0 spiro atoms. The van der Waals surface area contributed by atoms with E-state index in [0.717, 1.165) is 24.4 Å². The van der Waals surface area contributed by atoms with Gasteiger partial charge in [0.15, 0.2) is 0 Å². The highest BCUT2D eigenvalue weighted by Crippen LogP contribution is 2.39. The predicted molar refractivity (Wildman–Crippen MR) is 125 cm³/mol. The normalized spacial score (nSPS) is 18.1. The van der Waals surface area contributed by atoms with E-state index in [9.17, 15) is 41.0 Å². The number of carbonyl (C=O) groups is 1. The lowest BCUT2D eigenvalue weighted by Gasteiger charge is -2.32. The maximum atomic E-state index is 13.8. The van der Waals surface area contributed by atoms with Crippen LogP contribution in [0.4, 0.5) is 37.7 Å². The molecule has 2 aromatic carbocycles. The van der Waals surface area contributed by atoms with Crippen molar-refractivity contribution in [3.8, 4) is 0 Å². The van der Waals surface area contributed by atoms with Crippen LogP contribution in [0.2, 0.25) is 0 Å². The number of hydrogen-bond donors (Lipinski definition) is 3. The number of H-pyrrole nitrogens is 1. The summed E-state index contributed by atoms with van der Waals surface area (Å²) in [6, 6.07) is 5.88. The van der Waals surface area contributed by atoms with E-state index in [4.69, 9.17) is 0 Å². The number of benzene rings is 2. The second-order valence-electron chi connectivity index (χ2n) is 8.66. The lowest BCUT2D eigenvalue weighted by Crippen LogP contribution is -2.36. The summed E-state index contributed by atoms with van der Waals surface area (Å²) < 4.78 is 81.7. The Labute approximate surface area is 206 Å². The molecule has 3 N–H and O–H groups in total. The number of pyridine rings is 1. The number of carbonyl (C=O) groups excluding carboxylic acids is 1. The molecular formula is C25H21F6N3O3. The van der Waals surface area contributed by atoms with E-state index in [2.05, 4.69) is 9.98 Å². The Morgan fingerprint density at radius 2 is 1.84 bits per heavy atom. The number of aromatic amines is 1. The number of aliphatic hydroxyl groups is 1. The van der Waals surface area contributed by atoms with Gasteiger partial charge >= 0.3 is 12.4 Å². The highest BCUT2D eigenvalue weighted by atomic mass is 19.4. The second-order valence-corrected chi connectivity index (χ2v) is 8.66. The van der Waals surface area contributed by atoms with Crippen LogP contribution in [0.1, 0.15) is 47.7 Å². The lowest BCUT2D eigenvalue weighted by molar-refractivity contribution is -0.137. The molecule has 3 aromatic rings. The van der Waals surface area contributed by atoms with Gasteiger partial charge in [-0.3, -0.25) is 14.6 Å². The van der Waals surface area contributed by atoms with E-state index in [-0.39, 0.29) is 17.1 Å². The van der Waals surface area contributed by atoms with E-state index in [0.29, 0.717) is 31.0 Å². The number of rotatable bonds is 5. The number of alkyl halides is 6. The number of hydrogen-bond acceptors (Lipinski definition) is 4. The molecule has 0 aliphatic heterocycles. The maximum absolute atomic E-state index is 13.8. The zero-order valence-corrected chi connectivity index (χ0v) is 19.3. The first-order chi connectivity index (χ1) is 17.3. The van der Waals surface area contributed by atoms with Crippen molar-refractivity contribution in [1.82, 2.24) is 4.98 Å². The van der Waals surface area contributed by atoms with E-state index in [1.165, 1.54) is 12.1 Å². The van der Waals surface area contributed by atoms with Crippen LogP contribution in [-0.2, 0) is 12.4 Å². The molecule has 1 aromatic heterocycles. The van der Waals surface area contributed by atoms with Crippen molar-refractivity contribution in [2.75, 3.05) is 5.32 Å². The topological polar surface area (TPSA) is 94.6 Å². The predicted octanol–water partition coefficient (Wildman–Crippen LogP) is 6.07. The molecule has 1 aliphatic rings. The van der Waals surface area contributed by atoms with Crippen molar-refractivity contribution in [3.05, 3.63) is 69.5 Å². The molecule has 0 bridgehead atoms. The average Bonchev–Trinajstić information content (AvgIpc) is 2.81. The second kappa shape index (κ2) is 9.66. The number of fused-ring (bicyclic) bond motifs is 1. The van der Waals surface area contributed by atoms with Crippen LogP contribution in [0.5, 0.6) is 0 Å². The third kappa shape index (κ3) is 5.24. The molecule has 6 nitrogen and oxygen atoms in total. The molecule has 196 valence electrons. The number of aliphatic imine (C=N–C) groups is 1. The Bertz CT molecular complexity index is 1440. The first-order valence-corrected chi connectivity index (χ1v) is 11.3. The summed E-state index contributed by atoms with van der Waals surface area (Å²) in [6.45, 7) is 1.78. The summed E-state index contributed by atoms with van der Waals surface area (Å²) >= 11 is 0. The molecule has 0 radical (unpaired) electrons. The van der Waals surface area contributed by atoms with Crippen LogP contribution in [0.25, 0.3) is 10.9 Å². The molecule has 1 amide bonds. The quantitative estimate of drug-likeness (QED) is 0.353. The van der Waals surface area contributed by atoms with Crippen LogP contribution < -0.4 is 10.7 Å². The van der Waals surface area contributed by atoms with Gasteiger partial charge in [0, 0.05) is 23.3 Å². The Morgan fingerprint density at radius 1 is 1.14 bits per heavy atom. The van der Waals surface area contributed by atoms with Gasteiger partial charge < -0.3 is 15.4 Å². The van der Waals surface area contributed by atoms with E-state index < -0.39 is 57.6 Å². The number of aliphatic hydroxyl groups excluding tert-OH is 1. The van der Waals surface area contributed by atoms with Crippen molar-refractivity contribution >= 4 is 33.9 Å². The van der Waals surface area contributed by atoms with Crippen molar-refractivity contribution < 1.29 is 36.2 Å². The minimum atomic E-state index is -4.92. The number of anilines is 1. The van der Waals surface area contributed by atoms with Crippen molar-refractivity contribution in [3.63, 3.8) is 0 Å². The molecule has 1 saturated carbocycles. The minimum absolute atomic E-state index is 0.0355. The summed E-state index contributed by atoms with van der Waals surface area (Å²) in [5.74, 6) is -1.55. The third-order valence-electron chi connectivity index (χ3n) is 6.31. The zero-order valence-electron chi connectivity index (χ0n) is 19.3. The van der Waals surface area contributed by atoms with Crippen LogP contribution in [0, 0.1) is 5.92 Å². The SMILES string of the molecule is CC[C@@H](O)C1CC/C1=N\c1ccc(NC(=O)c2c[nH]c3cccc(C(F)(F)F)c3c2=O)c(C(F)(F)F)c1. The molecule has 37 heavy (non-hydrogen) atoms. The maximum Gasteiger partial charge on any atom is 0.418 e. The van der Waals surface area contributed by atoms with Gasteiger partial charge in [-0.2, -0.15) is 26.3 Å². The fourth-order valence-corrected chi connectivity index (χ4v) is 4.25. The molecule has 0 saturated heterocycles. The van der Waals surface area contributed by atoms with Gasteiger partial charge in [0.05, 0.1) is 34.0 Å². The molecular weight excluding hydrogens is 504 g/mol. The summed E-state index contributed by atoms with van der Waals surface area (Å²) in [5, 5.41) is 11.2. The molecule has 1 aliphatic carbocycles. The summed E-state index contributed by atoms with van der Waals surface area (Å²) in [6.07, 6.45) is -7.93. The number of halogens is 6. The molecule has 12 heteroatoms. The van der Waals surface area contributed by atoms with Crippen LogP contribution in [0.15, 0.2) is 52.4 Å². The van der Waals surface area contributed by atoms with Crippen molar-refractivity contribution in [2.24, 2.45) is 10.9 Å². The first kappa shape index (κ1) is 26.4. The van der Waals surface area contributed by atoms with Crippen molar-refractivity contribution in [2.45, 2.75) is 44.6 Å². The molecule has 1 heterocycles. The van der Waals surface area contributed by atoms with E-state index in [1.54, 1.807) is 6.92 Å². The Kier molecular flexibility index (Phi) is 6.89. The average molecular weight is 525 g/mol. The minimum Gasteiger partial charge on any atom is -0.392 e. The van der Waals surface area contributed by atoms with E-state index in [1.807, 2.05) is 5.32 Å². The summed E-state index contributed by atoms with van der Waals surface area (Å²) in [5.41, 5.74) is -4.92. The number of aromatic nitrogens is 1. The summed E-state index contributed by atoms with van der Waals surface area (Å²) in [7, 11) is 0. The fourth-order valence-electron chi connectivity index (χ4n) is 4.25. The summed E-state index contributed by atoms with van der Waals surface area (Å²) in [4.78, 5) is 32.2.